The van der Waals surface area contributed by atoms with Crippen LogP contribution in [-0.2, 0) is 16.1 Å². The van der Waals surface area contributed by atoms with E-state index in [1.165, 1.54) is 16.7 Å². The number of amidine groups is 1. The summed E-state index contributed by atoms with van der Waals surface area (Å²) in [6.07, 6.45) is 1.80. The lowest BCUT2D eigenvalue weighted by atomic mass is 10.1. The van der Waals surface area contributed by atoms with Crippen molar-refractivity contribution < 1.29 is 29.0 Å². The van der Waals surface area contributed by atoms with Crippen molar-refractivity contribution in [3.8, 4) is 5.75 Å². The number of esters is 1. The van der Waals surface area contributed by atoms with Crippen molar-refractivity contribution in [2.75, 3.05) is 13.7 Å². The fourth-order valence-electron chi connectivity index (χ4n) is 3.37. The smallest absolute Gasteiger partial charge is 0.338 e. The van der Waals surface area contributed by atoms with Crippen LogP contribution in [0, 0.1) is 0 Å². The monoisotopic (exact) mass is 516 g/mol. The van der Waals surface area contributed by atoms with Crippen molar-refractivity contribution in [1.82, 2.24) is 4.90 Å². The molecule has 0 bridgehead atoms. The molecule has 0 radical (unpaired) electrons. The maximum Gasteiger partial charge on any atom is 0.338 e. The van der Waals surface area contributed by atoms with E-state index in [4.69, 9.17) is 14.6 Å². The zero-order chi connectivity index (χ0) is 26.4. The number of hydrogen-bond donors (Lipinski definition) is 1. The topological polar surface area (TPSA) is 106 Å². The molecule has 188 valence electrons. The van der Waals surface area contributed by atoms with E-state index in [0.717, 1.165) is 11.1 Å². The van der Waals surface area contributed by atoms with Gasteiger partial charge in [-0.25, -0.2) is 14.6 Å². The van der Waals surface area contributed by atoms with Gasteiger partial charge in [0.15, 0.2) is 5.17 Å². The summed E-state index contributed by atoms with van der Waals surface area (Å²) in [6.45, 7) is 2.37. The molecule has 0 atom stereocenters. The number of nitrogens with zero attached hydrogens (tertiary/aromatic N) is 2. The maximum atomic E-state index is 12.8. The molecule has 9 heteroatoms. The van der Waals surface area contributed by atoms with Gasteiger partial charge in [0.25, 0.3) is 5.91 Å². The zero-order valence-corrected chi connectivity index (χ0v) is 21.0. The Bertz CT molecular complexity index is 1360. The number of likely N-dealkylation sites (N-methyl/N-ethyl adjacent to an activating group) is 1. The van der Waals surface area contributed by atoms with Gasteiger partial charge in [0.2, 0.25) is 0 Å². The van der Waals surface area contributed by atoms with Crippen molar-refractivity contribution in [2.45, 2.75) is 13.5 Å². The molecule has 8 nitrogen and oxygen atoms in total. The highest BCUT2D eigenvalue weighted by Crippen LogP contribution is 2.33. The molecule has 4 rings (SSSR count). The predicted molar refractivity (Wildman–Crippen MR) is 142 cm³/mol. The molecule has 1 fully saturated rings. The van der Waals surface area contributed by atoms with Gasteiger partial charge in [-0.05, 0) is 84.4 Å². The normalized spacial score (nSPS) is 15.3. The number of aliphatic imine (C=N–C) groups is 1. The van der Waals surface area contributed by atoms with E-state index in [-0.39, 0.29) is 17.4 Å². The van der Waals surface area contributed by atoms with E-state index in [1.54, 1.807) is 68.6 Å². The van der Waals surface area contributed by atoms with Gasteiger partial charge in [0.1, 0.15) is 12.4 Å². The highest BCUT2D eigenvalue weighted by molar-refractivity contribution is 8.18. The lowest BCUT2D eigenvalue weighted by Crippen LogP contribution is -2.23. The van der Waals surface area contributed by atoms with Crippen LogP contribution >= 0.6 is 11.8 Å². The van der Waals surface area contributed by atoms with Crippen molar-refractivity contribution in [3.05, 3.63) is 100.0 Å². The summed E-state index contributed by atoms with van der Waals surface area (Å²) < 4.78 is 10.8. The van der Waals surface area contributed by atoms with Gasteiger partial charge < -0.3 is 14.6 Å². The Balaban J connectivity index is 1.39. The third kappa shape index (κ3) is 6.45. The summed E-state index contributed by atoms with van der Waals surface area (Å²) in [5, 5.41) is 9.52. The van der Waals surface area contributed by atoms with Gasteiger partial charge in [0.05, 0.1) is 28.3 Å². The molecule has 1 N–H and O–H groups in total. The predicted octanol–water partition coefficient (Wildman–Crippen LogP) is 5.37. The average molecular weight is 517 g/mol. The molecule has 1 aliphatic heterocycles. The molecule has 3 aromatic rings. The zero-order valence-electron chi connectivity index (χ0n) is 20.2. The Kier molecular flexibility index (Phi) is 8.05. The van der Waals surface area contributed by atoms with Crippen LogP contribution in [0.15, 0.2) is 82.7 Å². The number of amides is 1. The van der Waals surface area contributed by atoms with Gasteiger partial charge in [0, 0.05) is 7.05 Å². The van der Waals surface area contributed by atoms with Crippen molar-refractivity contribution in [1.29, 1.82) is 0 Å². The summed E-state index contributed by atoms with van der Waals surface area (Å²) in [6, 6.07) is 20.6. The summed E-state index contributed by atoms with van der Waals surface area (Å²) in [7, 11) is 1.67. The lowest BCUT2D eigenvalue weighted by molar-refractivity contribution is -0.121. The molecule has 1 amide bonds. The Morgan fingerprint density at radius 1 is 0.973 bits per heavy atom. The van der Waals surface area contributed by atoms with E-state index >= 15 is 0 Å². The van der Waals surface area contributed by atoms with Crippen LogP contribution in [0.1, 0.15) is 38.8 Å². The summed E-state index contributed by atoms with van der Waals surface area (Å²) in [4.78, 5) is 42.1. The second-order valence-corrected chi connectivity index (χ2v) is 9.01. The molecular weight excluding hydrogens is 492 g/mol. The van der Waals surface area contributed by atoms with E-state index in [9.17, 15) is 14.4 Å². The van der Waals surface area contributed by atoms with E-state index in [1.807, 2.05) is 24.3 Å². The molecule has 3 aromatic carbocycles. The van der Waals surface area contributed by atoms with Crippen LogP contribution in [0.25, 0.3) is 6.08 Å². The molecule has 37 heavy (non-hydrogen) atoms. The number of rotatable bonds is 8. The highest BCUT2D eigenvalue weighted by atomic mass is 32.2. The standard InChI is InChI=1S/C28H24N2O6S/c1-3-35-27(34)21-10-12-22(13-11-21)29-28-30(2)25(31)24(37-28)16-18-6-14-23(15-7-18)36-17-19-4-8-20(9-5-19)26(32)33/h4-16H,3,17H2,1-2H3,(H,32,33). The third-order valence-corrected chi connectivity index (χ3v) is 6.45. The van der Waals surface area contributed by atoms with Gasteiger partial charge in [-0.2, -0.15) is 0 Å². The molecule has 0 spiro atoms. The second kappa shape index (κ2) is 11.6. The number of hydrogen-bond acceptors (Lipinski definition) is 7. The minimum absolute atomic E-state index is 0.156. The molecule has 0 aromatic heterocycles. The lowest BCUT2D eigenvalue weighted by Gasteiger charge is -2.07. The number of carboxylic acids is 1. The van der Waals surface area contributed by atoms with Crippen LogP contribution in [0.4, 0.5) is 5.69 Å². The molecule has 0 saturated carbocycles. The van der Waals surface area contributed by atoms with Crippen LogP contribution < -0.4 is 4.74 Å². The van der Waals surface area contributed by atoms with Crippen molar-refractivity contribution in [2.24, 2.45) is 4.99 Å². The average Bonchev–Trinajstić information content (AvgIpc) is 3.16. The largest absolute Gasteiger partial charge is 0.489 e. The van der Waals surface area contributed by atoms with Crippen LogP contribution in [0.3, 0.4) is 0 Å². The first kappa shape index (κ1) is 25.7. The van der Waals surface area contributed by atoms with Gasteiger partial charge in [-0.3, -0.25) is 9.69 Å². The van der Waals surface area contributed by atoms with E-state index in [0.29, 0.717) is 40.3 Å². The van der Waals surface area contributed by atoms with E-state index in [2.05, 4.69) is 4.99 Å². The number of thioether (sulfide) groups is 1. The molecule has 0 unspecified atom stereocenters. The van der Waals surface area contributed by atoms with Crippen LogP contribution in [-0.4, -0.2) is 46.7 Å². The van der Waals surface area contributed by atoms with E-state index < -0.39 is 5.97 Å². The number of aromatic carboxylic acids is 1. The first-order valence-corrected chi connectivity index (χ1v) is 12.2. The number of carboxylic acid groups (broad SMARTS) is 1. The quantitative estimate of drug-likeness (QED) is 0.317. The highest BCUT2D eigenvalue weighted by Gasteiger charge is 2.30. The minimum Gasteiger partial charge on any atom is -0.489 e. The molecule has 1 saturated heterocycles. The SMILES string of the molecule is CCOC(=O)c1ccc(N=C2SC(=Cc3ccc(OCc4ccc(C(=O)O)cc4)cc3)C(=O)N2C)cc1. The Morgan fingerprint density at radius 3 is 2.24 bits per heavy atom. The number of ether oxygens (including phenoxy) is 2. The van der Waals surface area contributed by atoms with Crippen LogP contribution in [0.2, 0.25) is 0 Å². The Hall–Kier alpha value is -4.37. The first-order valence-electron chi connectivity index (χ1n) is 11.4. The maximum absolute atomic E-state index is 12.8. The van der Waals surface area contributed by atoms with Crippen molar-refractivity contribution >= 4 is 46.5 Å². The number of carbonyl (C=O) groups is 3. The Labute approximate surface area is 218 Å². The third-order valence-electron chi connectivity index (χ3n) is 5.39. The molecule has 1 aliphatic rings. The molecule has 1 heterocycles. The molecular formula is C28H24N2O6S. The molecule has 0 aliphatic carbocycles. The minimum atomic E-state index is -0.967. The van der Waals surface area contributed by atoms with Gasteiger partial charge in [-0.1, -0.05) is 24.3 Å². The fourth-order valence-corrected chi connectivity index (χ4v) is 4.36. The van der Waals surface area contributed by atoms with Crippen LogP contribution in [0.5, 0.6) is 5.75 Å². The number of benzene rings is 3. The second-order valence-electron chi connectivity index (χ2n) is 8.00. The van der Waals surface area contributed by atoms with Gasteiger partial charge >= 0.3 is 11.9 Å². The first-order chi connectivity index (χ1) is 17.8. The number of carbonyl (C=O) groups excluding carboxylic acids is 2. The van der Waals surface area contributed by atoms with Crippen molar-refractivity contribution in [3.63, 3.8) is 0 Å². The summed E-state index contributed by atoms with van der Waals surface area (Å²) in [5.74, 6) is -0.858. The summed E-state index contributed by atoms with van der Waals surface area (Å²) in [5.41, 5.74) is 2.98. The Morgan fingerprint density at radius 2 is 1.62 bits per heavy atom. The van der Waals surface area contributed by atoms with Gasteiger partial charge in [-0.15, -0.1) is 0 Å². The summed E-state index contributed by atoms with van der Waals surface area (Å²) >= 11 is 1.27. The fraction of sp³-hybridized carbons (Fsp3) is 0.143.